The van der Waals surface area contributed by atoms with Crippen molar-refractivity contribution in [1.29, 1.82) is 5.41 Å². The fourth-order valence-electron chi connectivity index (χ4n) is 2.41. The lowest BCUT2D eigenvalue weighted by Gasteiger charge is -2.22. The number of rotatable bonds is 5. The molecule has 0 atom stereocenters. The van der Waals surface area contributed by atoms with Gasteiger partial charge in [-0.15, -0.1) is 0 Å². The van der Waals surface area contributed by atoms with Gasteiger partial charge in [-0.3, -0.25) is 4.79 Å². The first-order valence-corrected chi connectivity index (χ1v) is 7.46. The molecule has 0 amide bonds. The van der Waals surface area contributed by atoms with Crippen LogP contribution in [0.15, 0.2) is 42.5 Å². The van der Waals surface area contributed by atoms with E-state index >= 15 is 0 Å². The molecule has 1 N–H and O–H groups in total. The molecule has 0 heterocycles. The van der Waals surface area contributed by atoms with E-state index in [9.17, 15) is 4.79 Å². The van der Waals surface area contributed by atoms with E-state index in [1.807, 2.05) is 49.5 Å². The van der Waals surface area contributed by atoms with E-state index in [-0.39, 0.29) is 5.78 Å². The van der Waals surface area contributed by atoms with Gasteiger partial charge in [0.05, 0.1) is 0 Å². The highest BCUT2D eigenvalue weighted by atomic mass is 16.1. The smallest absolute Gasteiger partial charge is 0.159 e. The highest BCUT2D eigenvalue weighted by molar-refractivity contribution is 5.99. The summed E-state index contributed by atoms with van der Waals surface area (Å²) in [5, 5.41) is 7.81. The average molecular weight is 294 g/mol. The Morgan fingerprint density at radius 3 is 2.41 bits per heavy atom. The number of carbonyl (C=O) groups excluding carboxylic acids is 1. The largest absolute Gasteiger partial charge is 0.374 e. The molecule has 0 aliphatic heterocycles. The number of ketones is 1. The fraction of sp³-hybridized carbons (Fsp3) is 0.263. The lowest BCUT2D eigenvalue weighted by molar-refractivity contribution is 0.101. The first-order valence-electron chi connectivity index (χ1n) is 7.46. The third kappa shape index (κ3) is 3.25. The zero-order valence-corrected chi connectivity index (χ0v) is 13.6. The zero-order valence-electron chi connectivity index (χ0n) is 13.6. The topological polar surface area (TPSA) is 44.2 Å². The summed E-state index contributed by atoms with van der Waals surface area (Å²) in [6.45, 7) is 6.35. The summed E-state index contributed by atoms with van der Waals surface area (Å²) in [4.78, 5) is 13.9. The minimum absolute atomic E-state index is 0.0614. The number of nitrogens with one attached hydrogen (secondary N) is 1. The van der Waals surface area contributed by atoms with Gasteiger partial charge in [0, 0.05) is 36.1 Å². The monoisotopic (exact) mass is 294 g/mol. The molecule has 0 saturated heterocycles. The second-order valence-corrected chi connectivity index (χ2v) is 5.51. The quantitative estimate of drug-likeness (QED) is 0.656. The third-order valence-corrected chi connectivity index (χ3v) is 3.90. The van der Waals surface area contributed by atoms with Crippen molar-refractivity contribution in [3.63, 3.8) is 0 Å². The normalized spacial score (nSPS) is 10.4. The van der Waals surface area contributed by atoms with E-state index in [4.69, 9.17) is 5.41 Å². The number of carbonyl (C=O) groups is 1. The molecular formula is C19H22N2O. The molecule has 0 aromatic heterocycles. The van der Waals surface area contributed by atoms with E-state index < -0.39 is 0 Å². The maximum atomic E-state index is 11.7. The molecule has 0 saturated carbocycles. The summed E-state index contributed by atoms with van der Waals surface area (Å²) in [5.41, 5.74) is 5.29. The van der Waals surface area contributed by atoms with Gasteiger partial charge in [-0.2, -0.15) is 0 Å². The van der Waals surface area contributed by atoms with Crippen LogP contribution in [0.4, 0.5) is 5.69 Å². The van der Waals surface area contributed by atoms with Gasteiger partial charge < -0.3 is 10.3 Å². The number of benzene rings is 2. The van der Waals surface area contributed by atoms with Crippen LogP contribution in [-0.4, -0.2) is 25.1 Å². The third-order valence-electron chi connectivity index (χ3n) is 3.90. The van der Waals surface area contributed by atoms with Crippen molar-refractivity contribution in [2.45, 2.75) is 20.8 Å². The van der Waals surface area contributed by atoms with Crippen LogP contribution in [0.25, 0.3) is 11.1 Å². The Balaban J connectivity index is 2.65. The average Bonchev–Trinajstić information content (AvgIpc) is 2.53. The Bertz CT molecular complexity index is 719. The lowest BCUT2D eigenvalue weighted by atomic mass is 9.96. The van der Waals surface area contributed by atoms with Crippen molar-refractivity contribution < 1.29 is 4.79 Å². The first kappa shape index (κ1) is 16.0. The SMILES string of the molecule is CCN(C)c1ccc(C(C)=O)cc1-c1cccc(C(C)=N)c1. The molecule has 3 heteroatoms. The number of hydrogen-bond donors (Lipinski definition) is 1. The predicted molar refractivity (Wildman–Crippen MR) is 93.3 cm³/mol. The number of Topliss-reactive ketones (excluding diaryl/α,β-unsaturated/α-hetero) is 1. The zero-order chi connectivity index (χ0) is 16.3. The number of hydrogen-bond acceptors (Lipinski definition) is 3. The van der Waals surface area contributed by atoms with E-state index in [0.717, 1.165) is 28.9 Å². The minimum atomic E-state index is 0.0614. The summed E-state index contributed by atoms with van der Waals surface area (Å²) in [7, 11) is 2.04. The Morgan fingerprint density at radius 2 is 1.82 bits per heavy atom. The number of anilines is 1. The Labute approximate surface area is 132 Å². The van der Waals surface area contributed by atoms with E-state index in [1.165, 1.54) is 0 Å². The van der Waals surface area contributed by atoms with Gasteiger partial charge in [0.15, 0.2) is 5.78 Å². The molecule has 2 aromatic rings. The molecule has 0 radical (unpaired) electrons. The van der Waals surface area contributed by atoms with Gasteiger partial charge in [0.25, 0.3) is 0 Å². The summed E-state index contributed by atoms with van der Waals surface area (Å²) in [6, 6.07) is 13.7. The Morgan fingerprint density at radius 1 is 1.09 bits per heavy atom. The molecule has 0 unspecified atom stereocenters. The highest BCUT2D eigenvalue weighted by Crippen LogP contribution is 2.32. The molecule has 0 aliphatic rings. The van der Waals surface area contributed by atoms with E-state index in [1.54, 1.807) is 13.8 Å². The lowest BCUT2D eigenvalue weighted by Crippen LogP contribution is -2.17. The van der Waals surface area contributed by atoms with Crippen molar-refractivity contribution in [2.75, 3.05) is 18.5 Å². The molecule has 3 nitrogen and oxygen atoms in total. The van der Waals surface area contributed by atoms with Crippen LogP contribution in [0.5, 0.6) is 0 Å². The van der Waals surface area contributed by atoms with Crippen LogP contribution >= 0.6 is 0 Å². The molecule has 114 valence electrons. The van der Waals surface area contributed by atoms with Gasteiger partial charge in [-0.1, -0.05) is 18.2 Å². The Hall–Kier alpha value is -2.42. The van der Waals surface area contributed by atoms with Gasteiger partial charge in [-0.05, 0) is 56.2 Å². The predicted octanol–water partition coefficient (Wildman–Crippen LogP) is 4.40. The first-order chi connectivity index (χ1) is 10.4. The van der Waals surface area contributed by atoms with Gasteiger partial charge >= 0.3 is 0 Å². The molecular weight excluding hydrogens is 272 g/mol. The van der Waals surface area contributed by atoms with Crippen LogP contribution in [0.3, 0.4) is 0 Å². The van der Waals surface area contributed by atoms with Crippen LogP contribution in [0, 0.1) is 5.41 Å². The van der Waals surface area contributed by atoms with Crippen LogP contribution in [0.2, 0.25) is 0 Å². The highest BCUT2D eigenvalue weighted by Gasteiger charge is 2.12. The Kier molecular flexibility index (Phi) is 4.76. The maximum absolute atomic E-state index is 11.7. The molecule has 2 rings (SSSR count). The van der Waals surface area contributed by atoms with Crippen LogP contribution in [-0.2, 0) is 0 Å². The number of nitrogens with zero attached hydrogens (tertiary/aromatic N) is 1. The van der Waals surface area contributed by atoms with Gasteiger partial charge in [0.2, 0.25) is 0 Å². The molecule has 22 heavy (non-hydrogen) atoms. The van der Waals surface area contributed by atoms with Crippen molar-refractivity contribution in [2.24, 2.45) is 0 Å². The van der Waals surface area contributed by atoms with Crippen molar-refractivity contribution in [3.05, 3.63) is 53.6 Å². The van der Waals surface area contributed by atoms with Gasteiger partial charge in [0.1, 0.15) is 0 Å². The minimum Gasteiger partial charge on any atom is -0.374 e. The molecule has 0 spiro atoms. The maximum Gasteiger partial charge on any atom is 0.159 e. The van der Waals surface area contributed by atoms with E-state index in [0.29, 0.717) is 11.3 Å². The molecule has 0 bridgehead atoms. The second kappa shape index (κ2) is 6.56. The standard InChI is InChI=1S/C19H22N2O/c1-5-21(4)19-10-9-16(14(3)22)12-18(19)17-8-6-7-15(11-17)13(2)20/h6-12,20H,5H2,1-4H3. The summed E-state index contributed by atoms with van der Waals surface area (Å²) >= 11 is 0. The molecule has 0 aliphatic carbocycles. The van der Waals surface area contributed by atoms with Crippen LogP contribution in [0.1, 0.15) is 36.7 Å². The second-order valence-electron chi connectivity index (χ2n) is 5.51. The van der Waals surface area contributed by atoms with Crippen molar-refractivity contribution >= 4 is 17.2 Å². The molecule has 0 fully saturated rings. The molecule has 2 aromatic carbocycles. The summed E-state index contributed by atoms with van der Waals surface area (Å²) in [5.74, 6) is 0.0614. The van der Waals surface area contributed by atoms with Gasteiger partial charge in [-0.25, -0.2) is 0 Å². The van der Waals surface area contributed by atoms with E-state index in [2.05, 4.69) is 11.8 Å². The van der Waals surface area contributed by atoms with Crippen molar-refractivity contribution in [1.82, 2.24) is 0 Å². The summed E-state index contributed by atoms with van der Waals surface area (Å²) < 4.78 is 0. The summed E-state index contributed by atoms with van der Waals surface area (Å²) in [6.07, 6.45) is 0. The van der Waals surface area contributed by atoms with Crippen molar-refractivity contribution in [3.8, 4) is 11.1 Å². The van der Waals surface area contributed by atoms with Crippen LogP contribution < -0.4 is 4.90 Å². The fourth-order valence-corrected chi connectivity index (χ4v) is 2.41.